The molecule has 1 aliphatic heterocycles. The van der Waals surface area contributed by atoms with Gasteiger partial charge >= 0.3 is 0 Å². The molecule has 1 heterocycles. The molecule has 0 atom stereocenters. The average molecular weight is 352 g/mol. The van der Waals surface area contributed by atoms with Crippen LogP contribution < -0.4 is 16.0 Å². The lowest BCUT2D eigenvalue weighted by atomic mass is 9.82. The Morgan fingerprint density at radius 3 is 2.54 bits per heavy atom. The first-order valence-corrected chi connectivity index (χ1v) is 8.51. The Balaban J connectivity index is 0.00000208. The predicted molar refractivity (Wildman–Crippen MR) is 98.7 cm³/mol. The van der Waals surface area contributed by atoms with Crippen LogP contribution in [-0.4, -0.2) is 23.9 Å². The first-order chi connectivity index (χ1) is 11.0. The zero-order valence-corrected chi connectivity index (χ0v) is 15.0. The number of benzene rings is 1. The number of rotatable bonds is 2. The average Bonchev–Trinajstić information content (AvgIpc) is 2.54. The minimum Gasteiger partial charge on any atom is -0.324 e. The fourth-order valence-corrected chi connectivity index (χ4v) is 3.67. The van der Waals surface area contributed by atoms with E-state index in [2.05, 4.69) is 5.32 Å². The van der Waals surface area contributed by atoms with Crippen LogP contribution in [0.5, 0.6) is 0 Å². The van der Waals surface area contributed by atoms with Gasteiger partial charge in [-0.3, -0.25) is 9.59 Å². The quantitative estimate of drug-likeness (QED) is 0.860. The molecule has 1 saturated carbocycles. The third-order valence-electron chi connectivity index (χ3n) is 5.03. The Morgan fingerprint density at radius 2 is 1.88 bits per heavy atom. The van der Waals surface area contributed by atoms with Crippen LogP contribution in [0.3, 0.4) is 0 Å². The van der Waals surface area contributed by atoms with Gasteiger partial charge in [-0.2, -0.15) is 0 Å². The van der Waals surface area contributed by atoms with Gasteiger partial charge in [0.1, 0.15) is 0 Å². The Hall–Kier alpha value is -1.59. The van der Waals surface area contributed by atoms with Crippen LogP contribution in [-0.2, 0) is 16.0 Å². The van der Waals surface area contributed by atoms with Crippen LogP contribution in [0.25, 0.3) is 0 Å². The highest BCUT2D eigenvalue weighted by atomic mass is 35.5. The molecule has 132 valence electrons. The Morgan fingerprint density at radius 1 is 1.17 bits per heavy atom. The van der Waals surface area contributed by atoms with Gasteiger partial charge in [0, 0.05) is 24.8 Å². The summed E-state index contributed by atoms with van der Waals surface area (Å²) in [5.74, 6) is -0.0257. The van der Waals surface area contributed by atoms with Gasteiger partial charge in [-0.25, -0.2) is 0 Å². The fraction of sp³-hybridized carbons (Fsp3) is 0.556. The van der Waals surface area contributed by atoms with Crippen molar-refractivity contribution < 1.29 is 9.59 Å². The molecule has 0 radical (unpaired) electrons. The number of hydrogen-bond acceptors (Lipinski definition) is 3. The molecule has 6 heteroatoms. The molecule has 3 rings (SSSR count). The number of nitrogens with one attached hydrogen (secondary N) is 1. The lowest BCUT2D eigenvalue weighted by molar-refractivity contribution is -0.122. The highest BCUT2D eigenvalue weighted by Crippen LogP contribution is 2.31. The molecular weight excluding hydrogens is 326 g/mol. The van der Waals surface area contributed by atoms with Crippen molar-refractivity contribution in [1.82, 2.24) is 0 Å². The number of carbonyl (C=O) groups is 2. The van der Waals surface area contributed by atoms with E-state index in [9.17, 15) is 9.59 Å². The lowest BCUT2D eigenvalue weighted by Gasteiger charge is -2.32. The number of hydrogen-bond donors (Lipinski definition) is 2. The maximum absolute atomic E-state index is 12.5. The van der Waals surface area contributed by atoms with Gasteiger partial charge < -0.3 is 16.0 Å². The van der Waals surface area contributed by atoms with Gasteiger partial charge in [-0.05, 0) is 49.4 Å². The molecule has 5 nitrogen and oxygen atoms in total. The van der Waals surface area contributed by atoms with Crippen molar-refractivity contribution in [3.63, 3.8) is 0 Å². The summed E-state index contributed by atoms with van der Waals surface area (Å²) < 4.78 is 0. The third-order valence-corrected chi connectivity index (χ3v) is 5.03. The standard InChI is InChI=1S/C18H25N3O2.ClH/c1-13(22)21-11-5-6-14-12-15(7-8-16(14)21)20-17(23)18(19)9-3-2-4-10-18;/h7-8,12H,2-6,9-11,19H2,1H3,(H,20,23);1H. The second-order valence-electron chi connectivity index (χ2n) is 6.79. The second kappa shape index (κ2) is 7.53. The highest BCUT2D eigenvalue weighted by molar-refractivity contribution is 5.99. The molecule has 0 saturated heterocycles. The van der Waals surface area contributed by atoms with Gasteiger partial charge in [-0.15, -0.1) is 12.4 Å². The van der Waals surface area contributed by atoms with Crippen molar-refractivity contribution in [2.75, 3.05) is 16.8 Å². The summed E-state index contributed by atoms with van der Waals surface area (Å²) in [7, 11) is 0. The minimum absolute atomic E-state index is 0. The molecule has 24 heavy (non-hydrogen) atoms. The zero-order chi connectivity index (χ0) is 16.4. The smallest absolute Gasteiger partial charge is 0.244 e. The summed E-state index contributed by atoms with van der Waals surface area (Å²) in [6, 6.07) is 5.77. The second-order valence-corrected chi connectivity index (χ2v) is 6.79. The van der Waals surface area contributed by atoms with Crippen LogP contribution in [0.2, 0.25) is 0 Å². The van der Waals surface area contributed by atoms with Crippen LogP contribution >= 0.6 is 12.4 Å². The Kier molecular flexibility index (Phi) is 5.88. The summed E-state index contributed by atoms with van der Waals surface area (Å²) in [4.78, 5) is 26.0. The fourth-order valence-electron chi connectivity index (χ4n) is 3.67. The topological polar surface area (TPSA) is 75.4 Å². The van der Waals surface area contributed by atoms with Crippen molar-refractivity contribution >= 4 is 35.6 Å². The molecule has 0 bridgehead atoms. The first-order valence-electron chi connectivity index (χ1n) is 8.51. The molecule has 0 unspecified atom stereocenters. The molecule has 1 aliphatic carbocycles. The van der Waals surface area contributed by atoms with Crippen molar-refractivity contribution in [2.24, 2.45) is 5.73 Å². The molecule has 3 N–H and O–H groups in total. The number of halogens is 1. The van der Waals surface area contributed by atoms with Crippen molar-refractivity contribution in [3.05, 3.63) is 23.8 Å². The summed E-state index contributed by atoms with van der Waals surface area (Å²) in [5, 5.41) is 2.98. The van der Waals surface area contributed by atoms with E-state index in [-0.39, 0.29) is 24.2 Å². The lowest BCUT2D eigenvalue weighted by Crippen LogP contribution is -2.52. The normalized spacial score (nSPS) is 19.0. The van der Waals surface area contributed by atoms with Gasteiger partial charge in [0.05, 0.1) is 5.54 Å². The molecule has 1 fully saturated rings. The maximum atomic E-state index is 12.5. The van der Waals surface area contributed by atoms with Crippen LogP contribution in [0.15, 0.2) is 18.2 Å². The largest absolute Gasteiger partial charge is 0.324 e. The first kappa shape index (κ1) is 18.7. The number of aryl methyl sites for hydroxylation is 1. The minimum atomic E-state index is -0.737. The van der Waals surface area contributed by atoms with Crippen LogP contribution in [0.1, 0.15) is 51.0 Å². The molecule has 2 aliphatic rings. The van der Waals surface area contributed by atoms with E-state index < -0.39 is 5.54 Å². The number of carbonyl (C=O) groups excluding carboxylic acids is 2. The highest BCUT2D eigenvalue weighted by Gasteiger charge is 2.35. The Labute approximate surface area is 149 Å². The van der Waals surface area contributed by atoms with E-state index in [0.29, 0.717) is 0 Å². The predicted octanol–water partition coefficient (Wildman–Crippen LogP) is 3.01. The van der Waals surface area contributed by atoms with E-state index in [0.717, 1.165) is 68.4 Å². The third kappa shape index (κ3) is 3.73. The van der Waals surface area contributed by atoms with E-state index in [1.165, 1.54) is 0 Å². The van der Waals surface area contributed by atoms with Gasteiger partial charge in [-0.1, -0.05) is 19.3 Å². The van der Waals surface area contributed by atoms with Crippen molar-refractivity contribution in [1.29, 1.82) is 0 Å². The summed E-state index contributed by atoms with van der Waals surface area (Å²) >= 11 is 0. The molecule has 1 aromatic rings. The number of fused-ring (bicyclic) bond motifs is 1. The summed E-state index contributed by atoms with van der Waals surface area (Å²) in [5.41, 5.74) is 8.39. The number of nitrogens with zero attached hydrogens (tertiary/aromatic N) is 1. The van der Waals surface area contributed by atoms with Gasteiger partial charge in [0.15, 0.2) is 0 Å². The summed E-state index contributed by atoms with van der Waals surface area (Å²) in [6.07, 6.45) is 6.57. The maximum Gasteiger partial charge on any atom is 0.244 e. The van der Waals surface area contributed by atoms with Crippen LogP contribution in [0.4, 0.5) is 11.4 Å². The zero-order valence-electron chi connectivity index (χ0n) is 14.1. The summed E-state index contributed by atoms with van der Waals surface area (Å²) in [6.45, 7) is 2.35. The van der Waals surface area contributed by atoms with E-state index in [1.54, 1.807) is 11.8 Å². The van der Waals surface area contributed by atoms with Crippen molar-refractivity contribution in [2.45, 2.75) is 57.4 Å². The molecule has 1 aromatic carbocycles. The van der Waals surface area contributed by atoms with E-state index in [4.69, 9.17) is 5.73 Å². The number of amides is 2. The van der Waals surface area contributed by atoms with Gasteiger partial charge in [0.2, 0.25) is 11.8 Å². The van der Waals surface area contributed by atoms with Crippen molar-refractivity contribution in [3.8, 4) is 0 Å². The molecular formula is C18H26ClN3O2. The SMILES string of the molecule is CC(=O)N1CCCc2cc(NC(=O)C3(N)CCCCC3)ccc21.Cl. The molecule has 0 aromatic heterocycles. The van der Waals surface area contributed by atoms with E-state index in [1.807, 2.05) is 18.2 Å². The van der Waals surface area contributed by atoms with E-state index >= 15 is 0 Å². The van der Waals surface area contributed by atoms with Gasteiger partial charge in [0.25, 0.3) is 0 Å². The van der Waals surface area contributed by atoms with Crippen LogP contribution in [0, 0.1) is 0 Å². The molecule has 2 amide bonds. The number of anilines is 2. The monoisotopic (exact) mass is 351 g/mol. The molecule has 0 spiro atoms. The number of nitrogens with two attached hydrogens (primary N) is 1. The Bertz CT molecular complexity index is 627.